The van der Waals surface area contributed by atoms with Crippen molar-refractivity contribution in [2.45, 2.75) is 44.9 Å². The highest BCUT2D eigenvalue weighted by Gasteiger charge is 2.33. The molecule has 1 saturated carbocycles. The van der Waals surface area contributed by atoms with Gasteiger partial charge in [-0.15, -0.1) is 10.2 Å². The van der Waals surface area contributed by atoms with Gasteiger partial charge in [0.1, 0.15) is 5.78 Å². The minimum Gasteiger partial charge on any atom is -0.330 e. The summed E-state index contributed by atoms with van der Waals surface area (Å²) >= 11 is 0. The third kappa shape index (κ3) is 3.13. The molecule has 0 bridgehead atoms. The summed E-state index contributed by atoms with van der Waals surface area (Å²) in [4.78, 5) is 13.5. The molecule has 1 aromatic rings. The first-order valence-electron chi connectivity index (χ1n) is 6.58. The Hall–Kier alpha value is -1.30. The van der Waals surface area contributed by atoms with Crippen LogP contribution in [0, 0.1) is 5.41 Å². The predicted molar refractivity (Wildman–Crippen MR) is 66.7 cm³/mol. The molecule has 0 radical (unpaired) electrons. The minimum absolute atomic E-state index is 0.0253. The Balaban J connectivity index is 1.93. The molecular weight excluding hydrogens is 230 g/mol. The van der Waals surface area contributed by atoms with E-state index in [4.69, 9.17) is 5.73 Å². The van der Waals surface area contributed by atoms with Gasteiger partial charge in [-0.2, -0.15) is 4.80 Å². The van der Waals surface area contributed by atoms with Crippen molar-refractivity contribution in [1.82, 2.24) is 20.2 Å². The van der Waals surface area contributed by atoms with E-state index in [0.717, 1.165) is 12.8 Å². The number of aryl methyl sites for hydroxylation is 1. The third-order valence-electron chi connectivity index (χ3n) is 3.82. The Morgan fingerprint density at radius 2 is 2.11 bits per heavy atom. The van der Waals surface area contributed by atoms with Gasteiger partial charge in [0.05, 0.1) is 13.5 Å². The van der Waals surface area contributed by atoms with E-state index in [-0.39, 0.29) is 17.6 Å². The maximum atomic E-state index is 12.1. The lowest BCUT2D eigenvalue weighted by atomic mass is 9.71. The third-order valence-corrected chi connectivity index (χ3v) is 3.82. The molecule has 6 nitrogen and oxygen atoms in total. The van der Waals surface area contributed by atoms with Crippen LogP contribution in [-0.2, 0) is 18.3 Å². The molecule has 1 aliphatic carbocycles. The summed E-state index contributed by atoms with van der Waals surface area (Å²) in [7, 11) is 1.70. The predicted octanol–water partition coefficient (Wildman–Crippen LogP) is 0.621. The summed E-state index contributed by atoms with van der Waals surface area (Å²) in [6.07, 6.45) is 6.62. The van der Waals surface area contributed by atoms with E-state index in [9.17, 15) is 4.79 Å². The van der Waals surface area contributed by atoms with E-state index in [2.05, 4.69) is 15.4 Å². The maximum Gasteiger partial charge on any atom is 0.182 e. The molecule has 0 amide bonds. The summed E-state index contributed by atoms with van der Waals surface area (Å²) in [6.45, 7) is 0.604. The number of nitrogens with zero attached hydrogens (tertiary/aromatic N) is 4. The molecule has 2 N–H and O–H groups in total. The van der Waals surface area contributed by atoms with Crippen LogP contribution in [0.2, 0.25) is 0 Å². The molecule has 0 spiro atoms. The molecule has 2 rings (SSSR count). The smallest absolute Gasteiger partial charge is 0.182 e. The first kappa shape index (κ1) is 13.1. The second-order valence-electron chi connectivity index (χ2n) is 5.35. The van der Waals surface area contributed by atoms with Gasteiger partial charge in [-0.1, -0.05) is 19.3 Å². The highest BCUT2D eigenvalue weighted by molar-refractivity contribution is 5.80. The fourth-order valence-corrected chi connectivity index (χ4v) is 2.81. The van der Waals surface area contributed by atoms with Gasteiger partial charge < -0.3 is 5.73 Å². The van der Waals surface area contributed by atoms with E-state index in [1.165, 1.54) is 24.1 Å². The normalized spacial score (nSPS) is 18.8. The van der Waals surface area contributed by atoms with Crippen molar-refractivity contribution >= 4 is 5.78 Å². The molecule has 0 unspecified atom stereocenters. The van der Waals surface area contributed by atoms with Gasteiger partial charge in [0, 0.05) is 6.42 Å². The highest BCUT2D eigenvalue weighted by Crippen LogP contribution is 2.38. The Kier molecular flexibility index (Phi) is 4.06. The van der Waals surface area contributed by atoms with Crippen molar-refractivity contribution in [1.29, 1.82) is 0 Å². The van der Waals surface area contributed by atoms with Crippen LogP contribution < -0.4 is 5.73 Å². The number of hydrogen-bond acceptors (Lipinski definition) is 5. The largest absolute Gasteiger partial charge is 0.330 e. The van der Waals surface area contributed by atoms with Gasteiger partial charge >= 0.3 is 0 Å². The molecule has 0 aromatic carbocycles. The number of hydrogen-bond donors (Lipinski definition) is 1. The van der Waals surface area contributed by atoms with Gasteiger partial charge in [0.2, 0.25) is 0 Å². The van der Waals surface area contributed by atoms with Crippen molar-refractivity contribution in [3.8, 4) is 0 Å². The number of nitrogens with two attached hydrogens (primary N) is 1. The molecule has 1 aliphatic rings. The molecular formula is C12H21N5O. The van der Waals surface area contributed by atoms with Crippen molar-refractivity contribution in [2.75, 3.05) is 6.54 Å². The molecule has 6 heteroatoms. The van der Waals surface area contributed by atoms with Crippen molar-refractivity contribution in [3.63, 3.8) is 0 Å². The molecule has 100 valence electrons. The van der Waals surface area contributed by atoms with E-state index in [0.29, 0.717) is 18.8 Å². The van der Waals surface area contributed by atoms with Crippen LogP contribution in [0.25, 0.3) is 0 Å². The first-order valence-corrected chi connectivity index (χ1v) is 6.58. The van der Waals surface area contributed by atoms with Crippen LogP contribution >= 0.6 is 0 Å². The van der Waals surface area contributed by atoms with Crippen LogP contribution in [0.3, 0.4) is 0 Å². The zero-order valence-corrected chi connectivity index (χ0v) is 10.9. The molecule has 18 heavy (non-hydrogen) atoms. The van der Waals surface area contributed by atoms with Crippen molar-refractivity contribution in [3.05, 3.63) is 5.82 Å². The van der Waals surface area contributed by atoms with Gasteiger partial charge in [-0.05, 0) is 30.0 Å². The fourth-order valence-electron chi connectivity index (χ4n) is 2.81. The standard InChI is InChI=1S/C12H21N5O/c1-17-15-11(14-16-17)7-10(18)8-12(9-13)5-3-2-4-6-12/h2-9,13H2,1H3. The highest BCUT2D eigenvalue weighted by atomic mass is 16.1. The van der Waals surface area contributed by atoms with Crippen LogP contribution in [-0.4, -0.2) is 32.5 Å². The Morgan fingerprint density at radius 1 is 1.39 bits per heavy atom. The summed E-state index contributed by atoms with van der Waals surface area (Å²) < 4.78 is 0. The molecule has 1 aromatic heterocycles. The number of aromatic nitrogens is 4. The maximum absolute atomic E-state index is 12.1. The first-order chi connectivity index (χ1) is 8.63. The average molecular weight is 251 g/mol. The minimum atomic E-state index is 0.0253. The van der Waals surface area contributed by atoms with Crippen molar-refractivity contribution in [2.24, 2.45) is 18.2 Å². The van der Waals surface area contributed by atoms with Gasteiger partial charge in [0.15, 0.2) is 5.82 Å². The number of rotatable bonds is 5. The van der Waals surface area contributed by atoms with E-state index in [1.54, 1.807) is 7.05 Å². The van der Waals surface area contributed by atoms with Crippen LogP contribution in [0.4, 0.5) is 0 Å². The van der Waals surface area contributed by atoms with Crippen LogP contribution in [0.5, 0.6) is 0 Å². The molecule has 1 fully saturated rings. The summed E-state index contributed by atoms with van der Waals surface area (Å²) in [5.41, 5.74) is 5.91. The number of carbonyl (C=O) groups is 1. The molecule has 0 saturated heterocycles. The van der Waals surface area contributed by atoms with E-state index >= 15 is 0 Å². The second-order valence-corrected chi connectivity index (χ2v) is 5.35. The lowest BCUT2D eigenvalue weighted by Gasteiger charge is -2.35. The molecule has 1 heterocycles. The SMILES string of the molecule is Cn1nnc(CC(=O)CC2(CN)CCCCC2)n1. The summed E-state index contributed by atoms with van der Waals surface area (Å²) in [6, 6.07) is 0. The fraction of sp³-hybridized carbons (Fsp3) is 0.833. The lowest BCUT2D eigenvalue weighted by molar-refractivity contribution is -0.121. The van der Waals surface area contributed by atoms with Crippen molar-refractivity contribution < 1.29 is 4.79 Å². The van der Waals surface area contributed by atoms with E-state index in [1.807, 2.05) is 0 Å². The number of Topliss-reactive ketones (excluding diaryl/α,β-unsaturated/α-hetero) is 1. The van der Waals surface area contributed by atoms with Crippen LogP contribution in [0.15, 0.2) is 0 Å². The Morgan fingerprint density at radius 3 is 2.67 bits per heavy atom. The molecule has 0 aliphatic heterocycles. The average Bonchev–Trinajstić information content (AvgIpc) is 2.75. The zero-order chi connectivity index (χ0) is 13.0. The quantitative estimate of drug-likeness (QED) is 0.829. The summed E-state index contributed by atoms with van der Waals surface area (Å²) in [5.74, 6) is 0.681. The lowest BCUT2D eigenvalue weighted by Crippen LogP contribution is -2.35. The van der Waals surface area contributed by atoms with Gasteiger partial charge in [-0.25, -0.2) is 0 Å². The number of tetrazole rings is 1. The summed E-state index contributed by atoms with van der Waals surface area (Å²) in [5, 5.41) is 11.6. The van der Waals surface area contributed by atoms with Gasteiger partial charge in [-0.3, -0.25) is 4.79 Å². The zero-order valence-electron chi connectivity index (χ0n) is 10.9. The topological polar surface area (TPSA) is 86.7 Å². The number of carbonyl (C=O) groups excluding carboxylic acids is 1. The van der Waals surface area contributed by atoms with Gasteiger partial charge in [0.25, 0.3) is 0 Å². The Bertz CT molecular complexity index is 408. The second kappa shape index (κ2) is 5.56. The van der Waals surface area contributed by atoms with E-state index < -0.39 is 0 Å². The monoisotopic (exact) mass is 251 g/mol. The number of ketones is 1. The van der Waals surface area contributed by atoms with Crippen LogP contribution in [0.1, 0.15) is 44.3 Å². The Labute approximate surface area is 107 Å². The molecule has 0 atom stereocenters.